The molecule has 102 valence electrons. The minimum absolute atomic E-state index is 0.435. The summed E-state index contributed by atoms with van der Waals surface area (Å²) >= 11 is 0. The molecule has 0 spiro atoms. The highest BCUT2D eigenvalue weighted by atomic mass is 15.2. The number of pyridine rings is 1. The number of rotatable bonds is 6. The van der Waals surface area contributed by atoms with Crippen LogP contribution in [-0.4, -0.2) is 43.1 Å². The lowest BCUT2D eigenvalue weighted by atomic mass is 10.2. The molecule has 0 amide bonds. The second kappa shape index (κ2) is 6.71. The van der Waals surface area contributed by atoms with Gasteiger partial charge in [-0.1, -0.05) is 0 Å². The smallest absolute Gasteiger partial charge is 0.129 e. The first-order chi connectivity index (χ1) is 8.47. The molecule has 0 aromatic carbocycles. The number of hydrogen-bond donors (Lipinski definition) is 1. The van der Waals surface area contributed by atoms with Crippen LogP contribution in [0.2, 0.25) is 0 Å². The molecule has 0 saturated carbocycles. The van der Waals surface area contributed by atoms with Crippen LogP contribution < -0.4 is 10.6 Å². The summed E-state index contributed by atoms with van der Waals surface area (Å²) in [6.45, 7) is 8.95. The number of nitrogens with two attached hydrogens (primary N) is 1. The molecule has 0 aliphatic rings. The highest BCUT2D eigenvalue weighted by Crippen LogP contribution is 2.17. The number of aromatic nitrogens is 1. The molecule has 0 aliphatic carbocycles. The van der Waals surface area contributed by atoms with Crippen molar-refractivity contribution in [1.82, 2.24) is 9.88 Å². The Morgan fingerprint density at radius 1 is 1.33 bits per heavy atom. The number of nitrogens with zero attached hydrogens (tertiary/aromatic N) is 3. The molecule has 1 rings (SSSR count). The van der Waals surface area contributed by atoms with Crippen molar-refractivity contribution in [2.24, 2.45) is 5.73 Å². The fourth-order valence-electron chi connectivity index (χ4n) is 2.31. The minimum Gasteiger partial charge on any atom is -0.353 e. The van der Waals surface area contributed by atoms with Crippen molar-refractivity contribution in [3.05, 3.63) is 23.4 Å². The zero-order valence-corrected chi connectivity index (χ0v) is 12.3. The zero-order valence-electron chi connectivity index (χ0n) is 12.3. The van der Waals surface area contributed by atoms with Crippen LogP contribution in [-0.2, 0) is 6.54 Å². The molecule has 0 saturated heterocycles. The molecule has 0 aliphatic heterocycles. The normalized spacial score (nSPS) is 12.8. The van der Waals surface area contributed by atoms with E-state index in [0.29, 0.717) is 12.6 Å². The van der Waals surface area contributed by atoms with E-state index in [-0.39, 0.29) is 0 Å². The molecule has 0 bridgehead atoms. The topological polar surface area (TPSA) is 45.4 Å². The van der Waals surface area contributed by atoms with Crippen molar-refractivity contribution in [3.63, 3.8) is 0 Å². The van der Waals surface area contributed by atoms with E-state index in [9.17, 15) is 0 Å². The first-order valence-electron chi connectivity index (χ1n) is 6.57. The van der Waals surface area contributed by atoms with Crippen molar-refractivity contribution in [2.75, 3.05) is 32.1 Å². The van der Waals surface area contributed by atoms with Gasteiger partial charge in [-0.2, -0.15) is 0 Å². The van der Waals surface area contributed by atoms with Crippen LogP contribution in [0.15, 0.2) is 12.1 Å². The Balaban J connectivity index is 2.97. The van der Waals surface area contributed by atoms with E-state index in [0.717, 1.165) is 30.2 Å². The fraction of sp³-hybridized carbons (Fsp3) is 0.643. The van der Waals surface area contributed by atoms with Gasteiger partial charge in [0.25, 0.3) is 0 Å². The van der Waals surface area contributed by atoms with Gasteiger partial charge in [-0.3, -0.25) is 0 Å². The van der Waals surface area contributed by atoms with Crippen molar-refractivity contribution < 1.29 is 0 Å². The third-order valence-corrected chi connectivity index (χ3v) is 3.03. The quantitative estimate of drug-likeness (QED) is 0.833. The molecule has 0 radical (unpaired) electrons. The molecule has 4 heteroatoms. The van der Waals surface area contributed by atoms with Crippen molar-refractivity contribution in [2.45, 2.75) is 33.4 Å². The van der Waals surface area contributed by atoms with Crippen molar-refractivity contribution in [1.29, 1.82) is 0 Å². The predicted octanol–water partition coefficient (Wildman–Crippen LogP) is 1.63. The highest BCUT2D eigenvalue weighted by Gasteiger charge is 2.15. The van der Waals surface area contributed by atoms with E-state index in [1.165, 1.54) is 0 Å². The number of likely N-dealkylation sites (N-methyl/N-ethyl adjacent to an activating group) is 2. The first kappa shape index (κ1) is 14.9. The van der Waals surface area contributed by atoms with E-state index in [1.807, 2.05) is 13.0 Å². The van der Waals surface area contributed by atoms with Gasteiger partial charge in [0, 0.05) is 31.4 Å². The average Bonchev–Trinajstić information content (AvgIpc) is 2.28. The molecule has 1 heterocycles. The van der Waals surface area contributed by atoms with E-state index in [4.69, 9.17) is 5.73 Å². The lowest BCUT2D eigenvalue weighted by Crippen LogP contribution is -2.40. The fourth-order valence-corrected chi connectivity index (χ4v) is 2.31. The predicted molar refractivity (Wildman–Crippen MR) is 77.9 cm³/mol. The van der Waals surface area contributed by atoms with Crippen LogP contribution in [0, 0.1) is 6.92 Å². The standard InChI is InChI=1S/C14H26N4/c1-6-18(12(3)10-17(4)5)14-8-13(9-15)7-11(2)16-14/h7-8,12H,6,9-10,15H2,1-5H3. The average molecular weight is 250 g/mol. The third kappa shape index (κ3) is 3.96. The summed E-state index contributed by atoms with van der Waals surface area (Å²) in [6.07, 6.45) is 0. The molecular weight excluding hydrogens is 224 g/mol. The Bertz CT molecular complexity index is 376. The molecule has 1 aromatic rings. The van der Waals surface area contributed by atoms with E-state index in [1.54, 1.807) is 0 Å². The van der Waals surface area contributed by atoms with Gasteiger partial charge in [-0.25, -0.2) is 4.98 Å². The summed E-state index contributed by atoms with van der Waals surface area (Å²) < 4.78 is 0. The summed E-state index contributed by atoms with van der Waals surface area (Å²) in [6, 6.07) is 4.58. The van der Waals surface area contributed by atoms with Gasteiger partial charge >= 0.3 is 0 Å². The van der Waals surface area contributed by atoms with Crippen LogP contribution in [0.25, 0.3) is 0 Å². The van der Waals surface area contributed by atoms with Gasteiger partial charge in [0.15, 0.2) is 0 Å². The minimum atomic E-state index is 0.435. The molecular formula is C14H26N4. The van der Waals surface area contributed by atoms with Gasteiger partial charge in [0.2, 0.25) is 0 Å². The third-order valence-electron chi connectivity index (χ3n) is 3.03. The van der Waals surface area contributed by atoms with E-state index in [2.05, 4.69) is 48.8 Å². The first-order valence-corrected chi connectivity index (χ1v) is 6.57. The Morgan fingerprint density at radius 3 is 2.50 bits per heavy atom. The van der Waals surface area contributed by atoms with Gasteiger partial charge in [-0.05, 0) is 52.6 Å². The Morgan fingerprint density at radius 2 is 2.00 bits per heavy atom. The Labute approximate surface area is 111 Å². The van der Waals surface area contributed by atoms with Crippen molar-refractivity contribution >= 4 is 5.82 Å². The van der Waals surface area contributed by atoms with Gasteiger partial charge < -0.3 is 15.5 Å². The van der Waals surface area contributed by atoms with Crippen LogP contribution in [0.4, 0.5) is 5.82 Å². The van der Waals surface area contributed by atoms with Crippen LogP contribution in [0.1, 0.15) is 25.1 Å². The van der Waals surface area contributed by atoms with Crippen LogP contribution in [0.5, 0.6) is 0 Å². The molecule has 4 nitrogen and oxygen atoms in total. The Hall–Kier alpha value is -1.13. The lowest BCUT2D eigenvalue weighted by molar-refractivity contribution is 0.372. The second-order valence-electron chi connectivity index (χ2n) is 5.08. The summed E-state index contributed by atoms with van der Waals surface area (Å²) in [7, 11) is 4.19. The second-order valence-corrected chi connectivity index (χ2v) is 5.08. The largest absolute Gasteiger partial charge is 0.353 e. The monoisotopic (exact) mass is 250 g/mol. The van der Waals surface area contributed by atoms with Crippen LogP contribution >= 0.6 is 0 Å². The number of aryl methyl sites for hydroxylation is 1. The van der Waals surface area contributed by atoms with Gasteiger partial charge in [0.1, 0.15) is 5.82 Å². The summed E-state index contributed by atoms with van der Waals surface area (Å²) in [5.74, 6) is 1.03. The van der Waals surface area contributed by atoms with Gasteiger partial charge in [0.05, 0.1) is 0 Å². The van der Waals surface area contributed by atoms with Gasteiger partial charge in [-0.15, -0.1) is 0 Å². The number of hydrogen-bond acceptors (Lipinski definition) is 4. The zero-order chi connectivity index (χ0) is 13.7. The highest BCUT2D eigenvalue weighted by molar-refractivity contribution is 5.43. The molecule has 1 aromatic heterocycles. The lowest BCUT2D eigenvalue weighted by Gasteiger charge is -2.31. The maximum atomic E-state index is 5.73. The van der Waals surface area contributed by atoms with E-state index >= 15 is 0 Å². The summed E-state index contributed by atoms with van der Waals surface area (Å²) in [4.78, 5) is 9.16. The Kier molecular flexibility index (Phi) is 5.56. The summed E-state index contributed by atoms with van der Waals surface area (Å²) in [5.41, 5.74) is 7.91. The maximum Gasteiger partial charge on any atom is 0.129 e. The number of anilines is 1. The molecule has 2 N–H and O–H groups in total. The molecule has 1 unspecified atom stereocenters. The van der Waals surface area contributed by atoms with E-state index < -0.39 is 0 Å². The molecule has 1 atom stereocenters. The van der Waals surface area contributed by atoms with Crippen molar-refractivity contribution in [3.8, 4) is 0 Å². The molecule has 18 heavy (non-hydrogen) atoms. The molecule has 0 fully saturated rings. The SMILES string of the molecule is CCN(c1cc(CN)cc(C)n1)C(C)CN(C)C. The maximum absolute atomic E-state index is 5.73. The summed E-state index contributed by atoms with van der Waals surface area (Å²) in [5, 5.41) is 0. The van der Waals surface area contributed by atoms with Crippen LogP contribution in [0.3, 0.4) is 0 Å².